The van der Waals surface area contributed by atoms with Crippen LogP contribution < -0.4 is 5.73 Å². The number of hydrogen-bond acceptors (Lipinski definition) is 2. The van der Waals surface area contributed by atoms with Crippen molar-refractivity contribution in [1.82, 2.24) is 0 Å². The maximum absolute atomic E-state index is 5.66. The maximum atomic E-state index is 5.66. The Kier molecular flexibility index (Phi) is 6.76. The molecule has 2 N–H and O–H groups in total. The van der Waals surface area contributed by atoms with Crippen LogP contribution in [-0.4, -0.2) is 26.1 Å². The lowest BCUT2D eigenvalue weighted by atomic mass is 10.1. The Hall–Kier alpha value is -0.570. The number of amidine groups is 1. The fourth-order valence-corrected chi connectivity index (χ4v) is 0.796. The highest BCUT2D eigenvalue weighted by Crippen LogP contribution is 2.02. The van der Waals surface area contributed by atoms with Crippen LogP contribution in [0.4, 0.5) is 0 Å². The van der Waals surface area contributed by atoms with Gasteiger partial charge in [-0.15, -0.1) is 0 Å². The minimum absolute atomic E-state index is 0.655. The van der Waals surface area contributed by atoms with Gasteiger partial charge in [0.25, 0.3) is 0 Å². The summed E-state index contributed by atoms with van der Waals surface area (Å²) in [7, 11) is 1.67. The smallest absolute Gasteiger partial charge is 0.0938 e. The van der Waals surface area contributed by atoms with Crippen LogP contribution in [0.2, 0.25) is 0 Å². The molecule has 0 fully saturated rings. The predicted molar refractivity (Wildman–Crippen MR) is 52.4 cm³/mol. The highest BCUT2D eigenvalue weighted by atomic mass is 16.5. The van der Waals surface area contributed by atoms with Crippen molar-refractivity contribution in [1.29, 1.82) is 0 Å². The SMILES string of the molecule is COCCN=C(N)CCC(C)C. The van der Waals surface area contributed by atoms with Crippen LogP contribution in [0.15, 0.2) is 4.99 Å². The molecule has 72 valence electrons. The Balaban J connectivity index is 3.42. The van der Waals surface area contributed by atoms with E-state index in [9.17, 15) is 0 Å². The van der Waals surface area contributed by atoms with Crippen molar-refractivity contribution >= 4 is 5.84 Å². The predicted octanol–water partition coefficient (Wildman–Crippen LogP) is 1.43. The summed E-state index contributed by atoms with van der Waals surface area (Å²) in [4.78, 5) is 4.16. The van der Waals surface area contributed by atoms with Crippen molar-refractivity contribution in [2.24, 2.45) is 16.6 Å². The number of rotatable bonds is 6. The van der Waals surface area contributed by atoms with Crippen molar-refractivity contribution in [3.05, 3.63) is 0 Å². The van der Waals surface area contributed by atoms with Gasteiger partial charge < -0.3 is 10.5 Å². The Morgan fingerprint density at radius 1 is 1.50 bits per heavy atom. The van der Waals surface area contributed by atoms with Gasteiger partial charge >= 0.3 is 0 Å². The van der Waals surface area contributed by atoms with E-state index in [1.807, 2.05) is 0 Å². The van der Waals surface area contributed by atoms with Gasteiger partial charge in [0.1, 0.15) is 0 Å². The van der Waals surface area contributed by atoms with Gasteiger partial charge in [-0.1, -0.05) is 13.8 Å². The summed E-state index contributed by atoms with van der Waals surface area (Å²) in [5.41, 5.74) is 5.66. The van der Waals surface area contributed by atoms with Crippen LogP contribution in [0.1, 0.15) is 26.7 Å². The second-order valence-corrected chi connectivity index (χ2v) is 3.30. The Labute approximate surface area is 75.0 Å². The topological polar surface area (TPSA) is 47.6 Å². The van der Waals surface area contributed by atoms with E-state index in [4.69, 9.17) is 10.5 Å². The second kappa shape index (κ2) is 7.10. The van der Waals surface area contributed by atoms with Gasteiger partial charge in [-0.05, 0) is 12.3 Å². The van der Waals surface area contributed by atoms with E-state index in [-0.39, 0.29) is 0 Å². The van der Waals surface area contributed by atoms with E-state index in [1.54, 1.807) is 7.11 Å². The molecule has 0 bridgehead atoms. The third-order valence-corrected chi connectivity index (χ3v) is 1.59. The van der Waals surface area contributed by atoms with Gasteiger partial charge in [0.05, 0.1) is 19.0 Å². The van der Waals surface area contributed by atoms with Crippen LogP contribution in [0.3, 0.4) is 0 Å². The highest BCUT2D eigenvalue weighted by molar-refractivity contribution is 5.80. The van der Waals surface area contributed by atoms with Gasteiger partial charge in [-0.3, -0.25) is 4.99 Å². The van der Waals surface area contributed by atoms with Gasteiger partial charge in [-0.2, -0.15) is 0 Å². The van der Waals surface area contributed by atoms with Crippen molar-refractivity contribution in [2.45, 2.75) is 26.7 Å². The molecule has 0 atom stereocenters. The molecule has 0 aliphatic carbocycles. The fraction of sp³-hybridized carbons (Fsp3) is 0.889. The molecule has 12 heavy (non-hydrogen) atoms. The van der Waals surface area contributed by atoms with Crippen LogP contribution in [0.25, 0.3) is 0 Å². The number of hydrogen-bond donors (Lipinski definition) is 1. The van der Waals surface area contributed by atoms with Crippen molar-refractivity contribution in [2.75, 3.05) is 20.3 Å². The third kappa shape index (κ3) is 7.54. The number of nitrogens with two attached hydrogens (primary N) is 1. The zero-order valence-electron chi connectivity index (χ0n) is 8.34. The normalized spacial score (nSPS) is 12.5. The Morgan fingerprint density at radius 2 is 2.17 bits per heavy atom. The van der Waals surface area contributed by atoms with E-state index >= 15 is 0 Å². The lowest BCUT2D eigenvalue weighted by molar-refractivity contribution is 0.208. The molecule has 0 spiro atoms. The summed E-state index contributed by atoms with van der Waals surface area (Å²) in [5.74, 6) is 1.45. The molecule has 0 aromatic heterocycles. The van der Waals surface area contributed by atoms with E-state index < -0.39 is 0 Å². The van der Waals surface area contributed by atoms with Gasteiger partial charge in [-0.25, -0.2) is 0 Å². The van der Waals surface area contributed by atoms with E-state index in [1.165, 1.54) is 0 Å². The molecule has 0 aromatic rings. The largest absolute Gasteiger partial charge is 0.387 e. The molecule has 0 aliphatic heterocycles. The Bertz CT molecular complexity index is 132. The number of nitrogens with zero attached hydrogens (tertiary/aromatic N) is 1. The number of aliphatic imine (C=N–C) groups is 1. The molecule has 0 amide bonds. The summed E-state index contributed by atoms with van der Waals surface area (Å²) >= 11 is 0. The first-order valence-corrected chi connectivity index (χ1v) is 4.44. The first-order valence-electron chi connectivity index (χ1n) is 4.44. The molecule has 0 heterocycles. The summed E-state index contributed by atoms with van der Waals surface area (Å²) in [6.07, 6.45) is 2.02. The van der Waals surface area contributed by atoms with Gasteiger partial charge in [0, 0.05) is 13.5 Å². The molecule has 0 saturated carbocycles. The maximum Gasteiger partial charge on any atom is 0.0938 e. The lowest BCUT2D eigenvalue weighted by Crippen LogP contribution is -2.14. The van der Waals surface area contributed by atoms with Crippen molar-refractivity contribution < 1.29 is 4.74 Å². The Morgan fingerprint density at radius 3 is 2.67 bits per heavy atom. The third-order valence-electron chi connectivity index (χ3n) is 1.59. The van der Waals surface area contributed by atoms with Crippen LogP contribution in [0, 0.1) is 5.92 Å². The zero-order chi connectivity index (χ0) is 9.40. The van der Waals surface area contributed by atoms with E-state index in [2.05, 4.69) is 18.8 Å². The van der Waals surface area contributed by atoms with Crippen molar-refractivity contribution in [3.8, 4) is 0 Å². The number of ether oxygens (including phenoxy) is 1. The molecule has 0 rings (SSSR count). The zero-order valence-corrected chi connectivity index (χ0v) is 8.34. The van der Waals surface area contributed by atoms with Crippen LogP contribution in [-0.2, 0) is 4.74 Å². The first-order chi connectivity index (χ1) is 5.66. The number of methoxy groups -OCH3 is 1. The molecular formula is C9H20N2O. The van der Waals surface area contributed by atoms with Gasteiger partial charge in [0.2, 0.25) is 0 Å². The summed E-state index contributed by atoms with van der Waals surface area (Å²) in [6, 6.07) is 0. The minimum atomic E-state index is 0.655. The molecule has 0 unspecified atom stereocenters. The standard InChI is InChI=1S/C9H20N2O/c1-8(2)4-5-9(10)11-6-7-12-3/h8H,4-7H2,1-3H3,(H2,10,11). The molecule has 0 aliphatic rings. The molecule has 0 saturated heterocycles. The lowest BCUT2D eigenvalue weighted by Gasteiger charge is -2.03. The average Bonchev–Trinajstić information content (AvgIpc) is 2.01. The molecule has 0 aromatic carbocycles. The quantitative estimate of drug-likeness (QED) is 0.374. The van der Waals surface area contributed by atoms with Crippen LogP contribution >= 0.6 is 0 Å². The second-order valence-electron chi connectivity index (χ2n) is 3.30. The molecular weight excluding hydrogens is 152 g/mol. The van der Waals surface area contributed by atoms with Gasteiger partial charge in [0.15, 0.2) is 0 Å². The van der Waals surface area contributed by atoms with E-state index in [0.717, 1.165) is 18.7 Å². The molecule has 3 nitrogen and oxygen atoms in total. The van der Waals surface area contributed by atoms with Crippen LogP contribution in [0.5, 0.6) is 0 Å². The minimum Gasteiger partial charge on any atom is -0.387 e. The monoisotopic (exact) mass is 172 g/mol. The summed E-state index contributed by atoms with van der Waals surface area (Å²) < 4.78 is 4.86. The molecule has 3 heteroatoms. The average molecular weight is 172 g/mol. The fourth-order valence-electron chi connectivity index (χ4n) is 0.796. The highest BCUT2D eigenvalue weighted by Gasteiger charge is 1.96. The summed E-state index contributed by atoms with van der Waals surface area (Å²) in [6.45, 7) is 5.70. The van der Waals surface area contributed by atoms with Crippen molar-refractivity contribution in [3.63, 3.8) is 0 Å². The summed E-state index contributed by atoms with van der Waals surface area (Å²) in [5, 5.41) is 0. The molecule has 0 radical (unpaired) electrons. The first kappa shape index (κ1) is 11.4. The van der Waals surface area contributed by atoms with E-state index in [0.29, 0.717) is 19.1 Å².